The molecule has 1 aromatic heterocycles. The molecule has 1 heterocycles. The Kier molecular flexibility index (Phi) is 3.47. The monoisotopic (exact) mass is 280 g/mol. The van der Waals surface area contributed by atoms with E-state index in [1.165, 1.54) is 6.20 Å². The van der Waals surface area contributed by atoms with Crippen molar-refractivity contribution in [2.24, 2.45) is 0 Å². The number of carboxylic acids is 1. The van der Waals surface area contributed by atoms with Gasteiger partial charge in [0, 0.05) is 5.56 Å². The number of nitrogens with zero attached hydrogens (tertiary/aromatic N) is 2. The normalized spacial score (nSPS) is 10.5. The van der Waals surface area contributed by atoms with Gasteiger partial charge >= 0.3 is 5.97 Å². The molecule has 3 rings (SSSR count). The standard InChI is InChI=1S/C16H12N2O3/c19-16(20)9-11-5-1-4-8-14(11)21-15-10-17-12-6-2-3-7-13(12)18-15/h1-8,10H,9H2,(H,19,20). The molecule has 0 unspecified atom stereocenters. The zero-order valence-electron chi connectivity index (χ0n) is 11.1. The van der Waals surface area contributed by atoms with Crippen LogP contribution in [0.3, 0.4) is 0 Å². The summed E-state index contributed by atoms with van der Waals surface area (Å²) in [6, 6.07) is 14.5. The van der Waals surface area contributed by atoms with Crippen LogP contribution in [0.15, 0.2) is 54.7 Å². The van der Waals surface area contributed by atoms with Gasteiger partial charge < -0.3 is 9.84 Å². The summed E-state index contributed by atoms with van der Waals surface area (Å²) < 4.78 is 5.68. The van der Waals surface area contributed by atoms with Gasteiger partial charge in [-0.15, -0.1) is 0 Å². The summed E-state index contributed by atoms with van der Waals surface area (Å²) in [7, 11) is 0. The number of benzene rings is 2. The molecule has 0 fully saturated rings. The van der Waals surface area contributed by atoms with Crippen molar-refractivity contribution >= 4 is 17.0 Å². The first-order valence-electron chi connectivity index (χ1n) is 6.42. The van der Waals surface area contributed by atoms with Gasteiger partial charge in [-0.25, -0.2) is 9.97 Å². The molecular formula is C16H12N2O3. The number of hydrogen-bond donors (Lipinski definition) is 1. The van der Waals surface area contributed by atoms with Crippen molar-refractivity contribution in [3.63, 3.8) is 0 Å². The predicted molar refractivity (Wildman–Crippen MR) is 77.4 cm³/mol. The van der Waals surface area contributed by atoms with Crippen LogP contribution in [0.4, 0.5) is 0 Å². The number of aromatic nitrogens is 2. The third-order valence-electron chi connectivity index (χ3n) is 2.96. The highest BCUT2D eigenvalue weighted by Gasteiger charge is 2.09. The Morgan fingerprint density at radius 2 is 1.76 bits per heavy atom. The van der Waals surface area contributed by atoms with Crippen molar-refractivity contribution < 1.29 is 14.6 Å². The lowest BCUT2D eigenvalue weighted by Gasteiger charge is -2.09. The number of ether oxygens (including phenoxy) is 1. The predicted octanol–water partition coefficient (Wildman–Crippen LogP) is 3.05. The molecule has 3 aromatic rings. The Morgan fingerprint density at radius 1 is 1.05 bits per heavy atom. The minimum atomic E-state index is -0.907. The Bertz CT molecular complexity index is 802. The van der Waals surface area contributed by atoms with Crippen LogP contribution >= 0.6 is 0 Å². The largest absolute Gasteiger partial charge is 0.481 e. The van der Waals surface area contributed by atoms with Gasteiger partial charge in [0.05, 0.1) is 23.7 Å². The highest BCUT2D eigenvalue weighted by molar-refractivity contribution is 5.74. The molecule has 0 bridgehead atoms. The van der Waals surface area contributed by atoms with Crippen molar-refractivity contribution in [2.75, 3.05) is 0 Å². The van der Waals surface area contributed by atoms with Crippen molar-refractivity contribution in [1.29, 1.82) is 0 Å². The zero-order chi connectivity index (χ0) is 14.7. The Labute approximate surface area is 120 Å². The fourth-order valence-corrected chi connectivity index (χ4v) is 2.01. The van der Waals surface area contributed by atoms with Crippen molar-refractivity contribution in [1.82, 2.24) is 9.97 Å². The zero-order valence-corrected chi connectivity index (χ0v) is 11.1. The molecule has 0 radical (unpaired) electrons. The minimum absolute atomic E-state index is 0.100. The van der Waals surface area contributed by atoms with Crippen LogP contribution in [0.2, 0.25) is 0 Å². The van der Waals surface area contributed by atoms with E-state index in [0.717, 1.165) is 11.0 Å². The van der Waals surface area contributed by atoms with Gasteiger partial charge in [-0.05, 0) is 18.2 Å². The van der Waals surface area contributed by atoms with E-state index in [-0.39, 0.29) is 6.42 Å². The lowest BCUT2D eigenvalue weighted by molar-refractivity contribution is -0.136. The average molecular weight is 280 g/mol. The molecular weight excluding hydrogens is 268 g/mol. The molecule has 0 aliphatic rings. The maximum Gasteiger partial charge on any atom is 0.307 e. The molecule has 5 heteroatoms. The third kappa shape index (κ3) is 2.97. The summed E-state index contributed by atoms with van der Waals surface area (Å²) in [5, 5.41) is 8.92. The summed E-state index contributed by atoms with van der Waals surface area (Å²) in [6.45, 7) is 0. The first kappa shape index (κ1) is 13.1. The lowest BCUT2D eigenvalue weighted by atomic mass is 10.1. The number of carboxylic acid groups (broad SMARTS) is 1. The van der Waals surface area contributed by atoms with Crippen LogP contribution < -0.4 is 4.74 Å². The van der Waals surface area contributed by atoms with Gasteiger partial charge in [-0.3, -0.25) is 4.79 Å². The molecule has 2 aromatic carbocycles. The van der Waals surface area contributed by atoms with Crippen molar-refractivity contribution in [3.05, 3.63) is 60.3 Å². The average Bonchev–Trinajstić information content (AvgIpc) is 2.49. The molecule has 0 atom stereocenters. The van der Waals surface area contributed by atoms with Gasteiger partial charge in [0.2, 0.25) is 5.88 Å². The van der Waals surface area contributed by atoms with Crippen LogP contribution in [0.5, 0.6) is 11.6 Å². The molecule has 0 amide bonds. The summed E-state index contributed by atoms with van der Waals surface area (Å²) >= 11 is 0. The van der Waals surface area contributed by atoms with Crippen molar-refractivity contribution in [3.8, 4) is 11.6 Å². The second-order valence-electron chi connectivity index (χ2n) is 4.48. The van der Waals surface area contributed by atoms with Crippen molar-refractivity contribution in [2.45, 2.75) is 6.42 Å². The number of para-hydroxylation sites is 3. The molecule has 0 aliphatic carbocycles. The highest BCUT2D eigenvalue weighted by Crippen LogP contribution is 2.25. The van der Waals surface area contributed by atoms with Gasteiger partial charge in [0.1, 0.15) is 5.75 Å². The van der Waals surface area contributed by atoms with E-state index in [4.69, 9.17) is 9.84 Å². The molecule has 0 aliphatic heterocycles. The van der Waals surface area contributed by atoms with E-state index in [2.05, 4.69) is 9.97 Å². The lowest BCUT2D eigenvalue weighted by Crippen LogP contribution is -2.02. The fourth-order valence-electron chi connectivity index (χ4n) is 2.01. The minimum Gasteiger partial charge on any atom is -0.481 e. The molecule has 0 saturated heterocycles. The third-order valence-corrected chi connectivity index (χ3v) is 2.96. The Balaban J connectivity index is 1.93. The van der Waals surface area contributed by atoms with Crippen LogP contribution in [0.1, 0.15) is 5.56 Å². The second kappa shape index (κ2) is 5.58. The van der Waals surface area contributed by atoms with Crippen LogP contribution in [-0.4, -0.2) is 21.0 Å². The van der Waals surface area contributed by atoms with E-state index in [1.807, 2.05) is 24.3 Å². The van der Waals surface area contributed by atoms with Gasteiger partial charge in [0.25, 0.3) is 0 Å². The van der Waals surface area contributed by atoms with Crippen LogP contribution in [-0.2, 0) is 11.2 Å². The van der Waals surface area contributed by atoms with Crippen LogP contribution in [0.25, 0.3) is 11.0 Å². The van der Waals surface area contributed by atoms with E-state index in [1.54, 1.807) is 24.3 Å². The summed E-state index contributed by atoms with van der Waals surface area (Å²) in [6.07, 6.45) is 1.43. The molecule has 1 N–H and O–H groups in total. The van der Waals surface area contributed by atoms with E-state index < -0.39 is 5.97 Å². The van der Waals surface area contributed by atoms with E-state index in [9.17, 15) is 4.79 Å². The smallest absolute Gasteiger partial charge is 0.307 e. The molecule has 0 saturated carbocycles. The van der Waals surface area contributed by atoms with Gasteiger partial charge in [-0.1, -0.05) is 30.3 Å². The first-order valence-corrected chi connectivity index (χ1v) is 6.42. The second-order valence-corrected chi connectivity index (χ2v) is 4.48. The maximum absolute atomic E-state index is 10.9. The summed E-state index contributed by atoms with van der Waals surface area (Å²) in [5.41, 5.74) is 2.11. The maximum atomic E-state index is 10.9. The molecule has 104 valence electrons. The van der Waals surface area contributed by atoms with E-state index >= 15 is 0 Å². The number of aliphatic carboxylic acids is 1. The Hall–Kier alpha value is -2.95. The number of rotatable bonds is 4. The number of fused-ring (bicyclic) bond motifs is 1. The molecule has 5 nitrogen and oxygen atoms in total. The molecule has 0 spiro atoms. The topological polar surface area (TPSA) is 72.3 Å². The quantitative estimate of drug-likeness (QED) is 0.795. The summed E-state index contributed by atoms with van der Waals surface area (Å²) in [5.74, 6) is -0.0911. The highest BCUT2D eigenvalue weighted by atomic mass is 16.5. The summed E-state index contributed by atoms with van der Waals surface area (Å²) in [4.78, 5) is 19.5. The number of hydrogen-bond acceptors (Lipinski definition) is 4. The van der Waals surface area contributed by atoms with Gasteiger partial charge in [0.15, 0.2) is 0 Å². The van der Waals surface area contributed by atoms with E-state index in [0.29, 0.717) is 17.2 Å². The SMILES string of the molecule is O=C(O)Cc1ccccc1Oc1cnc2ccccc2n1. The first-order chi connectivity index (χ1) is 10.2. The van der Waals surface area contributed by atoms with Crippen LogP contribution in [0, 0.1) is 0 Å². The Morgan fingerprint density at radius 3 is 2.57 bits per heavy atom. The fraction of sp³-hybridized carbons (Fsp3) is 0.0625. The van der Waals surface area contributed by atoms with Gasteiger partial charge in [-0.2, -0.15) is 0 Å². The number of carbonyl (C=O) groups is 1. The molecule has 21 heavy (non-hydrogen) atoms.